The van der Waals surface area contributed by atoms with Crippen LogP contribution in [0.25, 0.3) is 0 Å². The number of hydrogen-bond acceptors (Lipinski definition) is 6. The molecule has 2 fully saturated rings. The average molecular weight is 465 g/mol. The van der Waals surface area contributed by atoms with Crippen LogP contribution in [-0.2, 0) is 14.4 Å². The van der Waals surface area contributed by atoms with E-state index in [1.54, 1.807) is 43.5 Å². The van der Waals surface area contributed by atoms with Crippen LogP contribution in [0.2, 0.25) is 5.02 Å². The van der Waals surface area contributed by atoms with Crippen molar-refractivity contribution in [3.05, 3.63) is 83.4 Å². The topological polar surface area (TPSA) is 68.3 Å². The van der Waals surface area contributed by atoms with Crippen molar-refractivity contribution in [2.24, 2.45) is 5.92 Å². The van der Waals surface area contributed by atoms with E-state index < -0.39 is 24.0 Å². The average Bonchev–Trinajstić information content (AvgIpc) is 3.36. The van der Waals surface area contributed by atoms with Crippen LogP contribution in [0, 0.1) is 5.92 Å². The van der Waals surface area contributed by atoms with Crippen molar-refractivity contribution in [2.75, 3.05) is 24.2 Å². The summed E-state index contributed by atoms with van der Waals surface area (Å²) in [5.74, 6) is -0.0447. The minimum Gasteiger partial charge on any atom is -0.497 e. The lowest BCUT2D eigenvalue weighted by molar-refractivity contribution is -0.126. The van der Waals surface area contributed by atoms with Gasteiger partial charge in [0.2, 0.25) is 5.91 Å². The molecule has 3 atom stereocenters. The molecule has 0 aromatic heterocycles. The zero-order chi connectivity index (χ0) is 23.1. The number of ether oxygens (including phenoxy) is 2. The van der Waals surface area contributed by atoms with Crippen molar-refractivity contribution < 1.29 is 23.9 Å². The highest BCUT2D eigenvalue weighted by molar-refractivity contribution is 6.31. The van der Waals surface area contributed by atoms with E-state index in [4.69, 9.17) is 25.9 Å². The molecule has 0 spiro atoms. The molecule has 3 aromatic carbocycles. The van der Waals surface area contributed by atoms with E-state index in [1.807, 2.05) is 48.5 Å². The standard InChI is InChI=1S/C25H21ClN2O5/c1-31-19-11-3-15(4-12-19)22-21-23(33-28(22)18-9-13-20(32-2)14-10-18)25(30)27(24(21)29)17-7-5-16(26)6-8-17/h3-14,21-23H,1-2H3/t21-,22-,23-/m0/s1. The van der Waals surface area contributed by atoms with Gasteiger partial charge in [-0.05, 0) is 66.2 Å². The maximum atomic E-state index is 13.6. The number of fused-ring (bicyclic) bond motifs is 1. The number of hydrogen-bond donors (Lipinski definition) is 0. The van der Waals surface area contributed by atoms with E-state index >= 15 is 0 Å². The smallest absolute Gasteiger partial charge is 0.266 e. The molecule has 2 aliphatic rings. The Kier molecular flexibility index (Phi) is 5.44. The van der Waals surface area contributed by atoms with Gasteiger partial charge in [0.25, 0.3) is 5.91 Å². The molecule has 2 amide bonds. The number of amides is 2. The van der Waals surface area contributed by atoms with Crippen molar-refractivity contribution in [1.29, 1.82) is 0 Å². The molecular formula is C25H21ClN2O5. The first-order chi connectivity index (χ1) is 16.0. The van der Waals surface area contributed by atoms with E-state index in [1.165, 1.54) is 4.90 Å². The Hall–Kier alpha value is -3.55. The van der Waals surface area contributed by atoms with Gasteiger partial charge in [0.15, 0.2) is 6.10 Å². The van der Waals surface area contributed by atoms with Gasteiger partial charge in [0.05, 0.1) is 31.6 Å². The summed E-state index contributed by atoms with van der Waals surface area (Å²) in [5, 5.41) is 2.17. The molecule has 3 aromatic rings. The van der Waals surface area contributed by atoms with Gasteiger partial charge < -0.3 is 9.47 Å². The van der Waals surface area contributed by atoms with Crippen LogP contribution >= 0.6 is 11.6 Å². The van der Waals surface area contributed by atoms with Crippen LogP contribution in [0.1, 0.15) is 11.6 Å². The van der Waals surface area contributed by atoms with Crippen LogP contribution < -0.4 is 19.4 Å². The molecule has 2 aliphatic heterocycles. The maximum absolute atomic E-state index is 13.6. The first-order valence-corrected chi connectivity index (χ1v) is 10.8. The fourth-order valence-corrected chi connectivity index (χ4v) is 4.48. The third-order valence-corrected chi connectivity index (χ3v) is 6.24. The number of benzene rings is 3. The normalized spacial score (nSPS) is 22.0. The second-order valence-corrected chi connectivity index (χ2v) is 8.22. The molecule has 0 saturated carbocycles. The monoisotopic (exact) mass is 464 g/mol. The first kappa shape index (κ1) is 21.3. The van der Waals surface area contributed by atoms with Crippen LogP contribution in [0.15, 0.2) is 72.8 Å². The number of halogens is 1. The van der Waals surface area contributed by atoms with E-state index in [0.717, 1.165) is 5.56 Å². The van der Waals surface area contributed by atoms with E-state index in [0.29, 0.717) is 27.9 Å². The molecule has 2 heterocycles. The third kappa shape index (κ3) is 3.59. The lowest BCUT2D eigenvalue weighted by atomic mass is 9.90. The Morgan fingerprint density at radius 2 is 1.30 bits per heavy atom. The Morgan fingerprint density at radius 1 is 0.758 bits per heavy atom. The lowest BCUT2D eigenvalue weighted by Crippen LogP contribution is -2.37. The fourth-order valence-electron chi connectivity index (χ4n) is 4.35. The SMILES string of the molecule is COc1ccc([C@H]2[C@@H]3C(=O)N(c4ccc(Cl)cc4)C(=O)[C@H]3ON2c2ccc(OC)cc2)cc1. The molecule has 0 radical (unpaired) electrons. The highest BCUT2D eigenvalue weighted by atomic mass is 35.5. The number of hydroxylamine groups is 1. The van der Waals surface area contributed by atoms with Gasteiger partial charge in [-0.3, -0.25) is 14.4 Å². The largest absolute Gasteiger partial charge is 0.497 e. The number of imide groups is 1. The van der Waals surface area contributed by atoms with Crippen molar-refractivity contribution >= 4 is 34.8 Å². The van der Waals surface area contributed by atoms with E-state index in [-0.39, 0.29) is 5.91 Å². The Labute approximate surface area is 196 Å². The molecule has 0 bridgehead atoms. The lowest BCUT2D eigenvalue weighted by Gasteiger charge is -2.29. The van der Waals surface area contributed by atoms with Crippen molar-refractivity contribution in [3.63, 3.8) is 0 Å². The molecular weight excluding hydrogens is 444 g/mol. The summed E-state index contributed by atoms with van der Waals surface area (Å²) in [7, 11) is 3.19. The van der Waals surface area contributed by atoms with Crippen LogP contribution in [-0.4, -0.2) is 32.1 Å². The van der Waals surface area contributed by atoms with Gasteiger partial charge in [-0.25, -0.2) is 9.96 Å². The second-order valence-electron chi connectivity index (χ2n) is 7.78. The number of carbonyl (C=O) groups excluding carboxylic acids is 2. The number of carbonyl (C=O) groups is 2. The van der Waals surface area contributed by atoms with Crippen molar-refractivity contribution in [3.8, 4) is 11.5 Å². The van der Waals surface area contributed by atoms with E-state index in [2.05, 4.69) is 0 Å². The summed E-state index contributed by atoms with van der Waals surface area (Å²) in [6, 6.07) is 20.8. The molecule has 33 heavy (non-hydrogen) atoms. The highest BCUT2D eigenvalue weighted by Crippen LogP contribution is 2.48. The molecule has 0 N–H and O–H groups in total. The van der Waals surface area contributed by atoms with Crippen LogP contribution in [0.5, 0.6) is 11.5 Å². The molecule has 168 valence electrons. The Morgan fingerprint density at radius 3 is 1.88 bits per heavy atom. The van der Waals surface area contributed by atoms with Gasteiger partial charge in [0, 0.05) is 5.02 Å². The summed E-state index contributed by atoms with van der Waals surface area (Å²) < 4.78 is 10.5. The molecule has 0 aliphatic carbocycles. The van der Waals surface area contributed by atoms with Gasteiger partial charge in [-0.1, -0.05) is 23.7 Å². The van der Waals surface area contributed by atoms with Crippen LogP contribution in [0.3, 0.4) is 0 Å². The maximum Gasteiger partial charge on any atom is 0.266 e. The number of rotatable bonds is 5. The summed E-state index contributed by atoms with van der Waals surface area (Å²) in [5.41, 5.74) is 2.01. The zero-order valence-corrected chi connectivity index (χ0v) is 18.7. The fraction of sp³-hybridized carbons (Fsp3) is 0.200. The van der Waals surface area contributed by atoms with Gasteiger partial charge in [0.1, 0.15) is 17.4 Å². The number of anilines is 2. The van der Waals surface area contributed by atoms with Crippen LogP contribution in [0.4, 0.5) is 11.4 Å². The number of methoxy groups -OCH3 is 2. The first-order valence-electron chi connectivity index (χ1n) is 10.4. The Bertz CT molecular complexity index is 1180. The van der Waals surface area contributed by atoms with E-state index in [9.17, 15) is 9.59 Å². The molecule has 5 rings (SSSR count). The Balaban J connectivity index is 1.56. The van der Waals surface area contributed by atoms with Gasteiger partial charge in [-0.15, -0.1) is 0 Å². The number of nitrogens with zero attached hydrogens (tertiary/aromatic N) is 2. The van der Waals surface area contributed by atoms with Crippen molar-refractivity contribution in [2.45, 2.75) is 12.1 Å². The second kappa shape index (κ2) is 8.42. The highest BCUT2D eigenvalue weighted by Gasteiger charge is 2.60. The summed E-state index contributed by atoms with van der Waals surface area (Å²) in [6.07, 6.45) is -0.942. The summed E-state index contributed by atoms with van der Waals surface area (Å²) in [4.78, 5) is 34.2. The molecule has 0 unspecified atom stereocenters. The quantitative estimate of drug-likeness (QED) is 0.521. The third-order valence-electron chi connectivity index (χ3n) is 5.98. The molecule has 8 heteroatoms. The zero-order valence-electron chi connectivity index (χ0n) is 18.0. The van der Waals surface area contributed by atoms with Gasteiger partial charge in [-0.2, -0.15) is 0 Å². The summed E-state index contributed by atoms with van der Waals surface area (Å²) >= 11 is 5.98. The van der Waals surface area contributed by atoms with Crippen molar-refractivity contribution in [1.82, 2.24) is 0 Å². The predicted molar refractivity (Wildman–Crippen MR) is 124 cm³/mol. The predicted octanol–water partition coefficient (Wildman–Crippen LogP) is 4.41. The minimum absolute atomic E-state index is 0.316. The minimum atomic E-state index is -0.942. The van der Waals surface area contributed by atoms with Gasteiger partial charge >= 0.3 is 0 Å². The molecule has 7 nitrogen and oxygen atoms in total. The molecule has 2 saturated heterocycles. The summed E-state index contributed by atoms with van der Waals surface area (Å²) in [6.45, 7) is 0.